The Kier molecular flexibility index (Phi) is 5.32. The highest BCUT2D eigenvalue weighted by Crippen LogP contribution is 2.50. The van der Waals surface area contributed by atoms with Gasteiger partial charge >= 0.3 is 12.1 Å². The maximum atomic E-state index is 12.8. The molecule has 6 rings (SSSR count). The minimum Gasteiger partial charge on any atom is -0.478 e. The highest BCUT2D eigenvalue weighted by molar-refractivity contribution is 5.93. The van der Waals surface area contributed by atoms with E-state index in [4.69, 9.17) is 4.74 Å². The van der Waals surface area contributed by atoms with Gasteiger partial charge in [0.25, 0.3) is 0 Å². The quantitative estimate of drug-likeness (QED) is 0.440. The molecule has 0 unspecified atom stereocenters. The predicted octanol–water partition coefficient (Wildman–Crippen LogP) is 4.48. The number of anilines is 2. The van der Waals surface area contributed by atoms with Gasteiger partial charge in [-0.15, -0.1) is 0 Å². The number of carboxylic acids is 1. The third-order valence-corrected chi connectivity index (χ3v) is 7.34. The number of aromatic amines is 1. The van der Waals surface area contributed by atoms with Crippen molar-refractivity contribution < 1.29 is 19.4 Å². The number of hydrogen-bond acceptors (Lipinski definition) is 6. The van der Waals surface area contributed by atoms with Crippen LogP contribution in [0.15, 0.2) is 67.1 Å². The Hall–Kier alpha value is -4.40. The van der Waals surface area contributed by atoms with Crippen LogP contribution in [0, 0.1) is 0 Å². The van der Waals surface area contributed by atoms with E-state index in [1.54, 1.807) is 17.0 Å². The van der Waals surface area contributed by atoms with Gasteiger partial charge in [-0.25, -0.2) is 19.6 Å². The second-order valence-corrected chi connectivity index (χ2v) is 9.37. The van der Waals surface area contributed by atoms with Crippen LogP contribution in [0.4, 0.5) is 16.3 Å². The fraction of sp³-hybridized carbons (Fsp3) is 0.259. The molecule has 9 nitrogen and oxygen atoms in total. The largest absolute Gasteiger partial charge is 0.478 e. The summed E-state index contributed by atoms with van der Waals surface area (Å²) in [6, 6.07) is 16.9. The SMILES string of the molecule is O=C(O)c1ccc2c(c1)C1(CCN(C(=O)OCc3ccccc3)CC1)CN2c1ncnc2[nH]ccc12. The number of fused-ring (bicyclic) bond motifs is 3. The first kappa shape index (κ1) is 22.1. The number of H-pyrrole nitrogens is 1. The summed E-state index contributed by atoms with van der Waals surface area (Å²) in [5, 5.41) is 10.6. The number of amides is 1. The Balaban J connectivity index is 1.27. The molecule has 0 bridgehead atoms. The summed E-state index contributed by atoms with van der Waals surface area (Å²) >= 11 is 0. The molecule has 2 aliphatic heterocycles. The van der Waals surface area contributed by atoms with Gasteiger partial charge in [0, 0.05) is 36.9 Å². The van der Waals surface area contributed by atoms with Gasteiger partial charge in [-0.1, -0.05) is 30.3 Å². The lowest BCUT2D eigenvalue weighted by molar-refractivity contribution is 0.0696. The third kappa shape index (κ3) is 3.73. The average molecular weight is 484 g/mol. The van der Waals surface area contributed by atoms with Crippen LogP contribution in [-0.4, -0.2) is 56.7 Å². The molecule has 2 aliphatic rings. The number of nitrogens with one attached hydrogen (secondary N) is 1. The zero-order chi connectivity index (χ0) is 24.7. The van der Waals surface area contributed by atoms with E-state index in [0.29, 0.717) is 32.5 Å². The number of carbonyl (C=O) groups excluding carboxylic acids is 1. The van der Waals surface area contributed by atoms with Crippen molar-refractivity contribution in [1.82, 2.24) is 19.9 Å². The maximum Gasteiger partial charge on any atom is 0.410 e. The number of nitrogens with zero attached hydrogens (tertiary/aromatic N) is 4. The number of carbonyl (C=O) groups is 2. The summed E-state index contributed by atoms with van der Waals surface area (Å²) in [6.07, 6.45) is 4.44. The number of hydrogen-bond donors (Lipinski definition) is 2. The summed E-state index contributed by atoms with van der Waals surface area (Å²) in [7, 11) is 0. The first-order chi connectivity index (χ1) is 17.5. The molecule has 0 saturated carbocycles. The Morgan fingerprint density at radius 1 is 1.06 bits per heavy atom. The number of carboxylic acid groups (broad SMARTS) is 1. The fourth-order valence-electron chi connectivity index (χ4n) is 5.42. The van der Waals surface area contributed by atoms with Crippen molar-refractivity contribution in [2.75, 3.05) is 24.5 Å². The van der Waals surface area contributed by atoms with Crippen LogP contribution in [0.1, 0.15) is 34.3 Å². The van der Waals surface area contributed by atoms with Gasteiger partial charge in [0.1, 0.15) is 24.4 Å². The van der Waals surface area contributed by atoms with Gasteiger partial charge in [0.2, 0.25) is 0 Å². The van der Waals surface area contributed by atoms with Gasteiger partial charge in [0.05, 0.1) is 10.9 Å². The van der Waals surface area contributed by atoms with Crippen molar-refractivity contribution in [2.24, 2.45) is 0 Å². The first-order valence-electron chi connectivity index (χ1n) is 11.9. The monoisotopic (exact) mass is 483 g/mol. The van der Waals surface area contributed by atoms with Crippen LogP contribution in [-0.2, 0) is 16.8 Å². The standard InChI is InChI=1S/C27H25N5O4/c33-25(34)19-6-7-22-21(14-19)27(16-32(22)24-20-8-11-28-23(20)29-17-30-24)9-12-31(13-10-27)26(35)36-15-18-4-2-1-3-5-18/h1-8,11,14,17H,9-10,12-13,15-16H2,(H,33,34)(H,28,29,30). The molecule has 9 heteroatoms. The Labute approximate surface area is 207 Å². The molecule has 4 heterocycles. The predicted molar refractivity (Wildman–Crippen MR) is 133 cm³/mol. The molecule has 2 N–H and O–H groups in total. The number of likely N-dealkylation sites (tertiary alicyclic amines) is 1. The van der Waals surface area contributed by atoms with Crippen LogP contribution < -0.4 is 4.90 Å². The lowest BCUT2D eigenvalue weighted by Gasteiger charge is -2.39. The summed E-state index contributed by atoms with van der Waals surface area (Å²) < 4.78 is 5.55. The van der Waals surface area contributed by atoms with Crippen molar-refractivity contribution in [3.8, 4) is 0 Å². The smallest absolute Gasteiger partial charge is 0.410 e. The first-order valence-corrected chi connectivity index (χ1v) is 11.9. The minimum absolute atomic E-state index is 0.236. The second kappa shape index (κ2) is 8.67. The van der Waals surface area contributed by atoms with Crippen LogP contribution in [0.2, 0.25) is 0 Å². The highest BCUT2D eigenvalue weighted by atomic mass is 16.6. The van der Waals surface area contributed by atoms with E-state index >= 15 is 0 Å². The minimum atomic E-state index is -0.955. The van der Waals surface area contributed by atoms with Crippen LogP contribution in [0.25, 0.3) is 11.0 Å². The Morgan fingerprint density at radius 2 is 1.86 bits per heavy atom. The molecular formula is C27H25N5O4. The summed E-state index contributed by atoms with van der Waals surface area (Å²) in [5.41, 5.74) is 3.59. The van der Waals surface area contributed by atoms with Crippen LogP contribution in [0.3, 0.4) is 0 Å². The molecule has 1 saturated heterocycles. The number of aromatic nitrogens is 3. The van der Waals surface area contributed by atoms with Gasteiger partial charge in [-0.3, -0.25) is 0 Å². The van der Waals surface area contributed by atoms with Crippen molar-refractivity contribution in [2.45, 2.75) is 24.9 Å². The topological polar surface area (TPSA) is 112 Å². The molecule has 2 aromatic heterocycles. The van der Waals surface area contributed by atoms with E-state index in [9.17, 15) is 14.7 Å². The summed E-state index contributed by atoms with van der Waals surface area (Å²) in [5.74, 6) is -0.171. The molecule has 36 heavy (non-hydrogen) atoms. The molecular weight excluding hydrogens is 458 g/mol. The van der Waals surface area contributed by atoms with Crippen LogP contribution in [0.5, 0.6) is 0 Å². The molecule has 4 aromatic rings. The number of rotatable bonds is 4. The van der Waals surface area contributed by atoms with E-state index in [1.807, 2.05) is 48.7 Å². The van der Waals surface area contributed by atoms with Crippen molar-refractivity contribution >= 4 is 34.6 Å². The molecule has 1 fully saturated rings. The van der Waals surface area contributed by atoms with Gasteiger partial charge in [-0.2, -0.15) is 0 Å². The van der Waals surface area contributed by atoms with E-state index in [0.717, 1.165) is 33.7 Å². The molecule has 0 atom stereocenters. The van der Waals surface area contributed by atoms with Gasteiger partial charge < -0.3 is 24.6 Å². The summed E-state index contributed by atoms with van der Waals surface area (Å²) in [4.78, 5) is 40.5. The number of aromatic carboxylic acids is 1. The molecule has 1 amide bonds. The highest BCUT2D eigenvalue weighted by Gasteiger charge is 2.46. The fourth-order valence-corrected chi connectivity index (χ4v) is 5.42. The normalized spacial score (nSPS) is 16.3. The third-order valence-electron chi connectivity index (χ3n) is 7.34. The number of benzene rings is 2. The Bertz CT molecular complexity index is 1440. The molecule has 0 radical (unpaired) electrons. The van der Waals surface area contributed by atoms with Gasteiger partial charge in [0.15, 0.2) is 0 Å². The summed E-state index contributed by atoms with van der Waals surface area (Å²) in [6.45, 7) is 1.94. The maximum absolute atomic E-state index is 12.8. The second-order valence-electron chi connectivity index (χ2n) is 9.37. The molecule has 1 spiro atoms. The van der Waals surface area contributed by atoms with E-state index in [2.05, 4.69) is 19.9 Å². The lowest BCUT2D eigenvalue weighted by Crippen LogP contribution is -2.47. The van der Waals surface area contributed by atoms with E-state index in [1.165, 1.54) is 6.33 Å². The van der Waals surface area contributed by atoms with Crippen LogP contribution >= 0.6 is 0 Å². The zero-order valence-electron chi connectivity index (χ0n) is 19.6. The lowest BCUT2D eigenvalue weighted by atomic mass is 9.74. The van der Waals surface area contributed by atoms with Crippen molar-refractivity contribution in [1.29, 1.82) is 0 Å². The Morgan fingerprint density at radius 3 is 2.64 bits per heavy atom. The van der Waals surface area contributed by atoms with E-state index in [-0.39, 0.29) is 23.7 Å². The van der Waals surface area contributed by atoms with Gasteiger partial charge in [-0.05, 0) is 48.2 Å². The van der Waals surface area contributed by atoms with Crippen molar-refractivity contribution in [3.05, 3.63) is 83.8 Å². The van der Waals surface area contributed by atoms with Crippen molar-refractivity contribution in [3.63, 3.8) is 0 Å². The number of ether oxygens (including phenoxy) is 1. The molecule has 182 valence electrons. The molecule has 2 aromatic carbocycles. The zero-order valence-corrected chi connectivity index (χ0v) is 19.6. The molecule has 0 aliphatic carbocycles. The average Bonchev–Trinajstić information content (AvgIpc) is 3.51. The van der Waals surface area contributed by atoms with E-state index < -0.39 is 5.97 Å². The number of piperidine rings is 1.